The van der Waals surface area contributed by atoms with E-state index < -0.39 is 0 Å². The number of nitrogens with two attached hydrogens (primary N) is 1. The van der Waals surface area contributed by atoms with Gasteiger partial charge in [0.1, 0.15) is 0 Å². The van der Waals surface area contributed by atoms with Crippen molar-refractivity contribution in [1.82, 2.24) is 4.90 Å². The fourth-order valence-electron chi connectivity index (χ4n) is 3.11. The second-order valence-corrected chi connectivity index (χ2v) is 5.95. The van der Waals surface area contributed by atoms with Crippen molar-refractivity contribution in [2.24, 2.45) is 5.73 Å². The van der Waals surface area contributed by atoms with Gasteiger partial charge in [-0.15, -0.1) is 0 Å². The molecule has 1 fully saturated rings. The van der Waals surface area contributed by atoms with Crippen molar-refractivity contribution in [3.8, 4) is 11.5 Å². The Morgan fingerprint density at radius 2 is 1.96 bits per heavy atom. The van der Waals surface area contributed by atoms with E-state index in [2.05, 4.69) is 0 Å². The predicted octanol–water partition coefficient (Wildman–Crippen LogP) is 2.83. The zero-order valence-corrected chi connectivity index (χ0v) is 14.4. The predicted molar refractivity (Wildman–Crippen MR) is 91.1 cm³/mol. The van der Waals surface area contributed by atoms with Gasteiger partial charge in [0, 0.05) is 24.2 Å². The lowest BCUT2D eigenvalue weighted by atomic mass is 9.96. The molecule has 1 heterocycles. The third-order valence-corrected chi connectivity index (χ3v) is 4.21. The molecule has 1 saturated heterocycles. The molecule has 1 amide bonds. The van der Waals surface area contributed by atoms with Crippen molar-refractivity contribution in [2.45, 2.75) is 52.1 Å². The van der Waals surface area contributed by atoms with Crippen LogP contribution in [0.4, 0.5) is 0 Å². The van der Waals surface area contributed by atoms with E-state index in [9.17, 15) is 4.79 Å². The van der Waals surface area contributed by atoms with Gasteiger partial charge in [-0.2, -0.15) is 0 Å². The van der Waals surface area contributed by atoms with Gasteiger partial charge in [0.05, 0.1) is 13.2 Å². The summed E-state index contributed by atoms with van der Waals surface area (Å²) >= 11 is 0. The highest BCUT2D eigenvalue weighted by molar-refractivity contribution is 5.95. The van der Waals surface area contributed by atoms with E-state index in [0.717, 1.165) is 25.8 Å². The van der Waals surface area contributed by atoms with Gasteiger partial charge in [-0.3, -0.25) is 4.79 Å². The molecule has 5 nitrogen and oxygen atoms in total. The van der Waals surface area contributed by atoms with Crippen molar-refractivity contribution in [1.29, 1.82) is 0 Å². The fraction of sp³-hybridized carbons (Fsp3) is 0.611. The molecule has 5 heteroatoms. The number of piperidine rings is 1. The molecule has 2 rings (SSSR count). The van der Waals surface area contributed by atoms with Crippen molar-refractivity contribution in [3.63, 3.8) is 0 Å². The number of carbonyl (C=O) groups excluding carboxylic acids is 1. The Hall–Kier alpha value is -1.75. The number of hydrogen-bond acceptors (Lipinski definition) is 4. The van der Waals surface area contributed by atoms with Gasteiger partial charge in [-0.1, -0.05) is 0 Å². The van der Waals surface area contributed by atoms with E-state index in [-0.39, 0.29) is 18.0 Å². The minimum absolute atomic E-state index is 0.0201. The number of rotatable bonds is 6. The second-order valence-electron chi connectivity index (χ2n) is 5.95. The van der Waals surface area contributed by atoms with Crippen LogP contribution in [0, 0.1) is 0 Å². The highest BCUT2D eigenvalue weighted by Crippen LogP contribution is 2.30. The average Bonchev–Trinajstić information content (AvgIpc) is 2.56. The van der Waals surface area contributed by atoms with E-state index in [1.54, 1.807) is 6.07 Å². The summed E-state index contributed by atoms with van der Waals surface area (Å²) in [6.07, 6.45) is 3.13. The summed E-state index contributed by atoms with van der Waals surface area (Å²) in [5.41, 5.74) is 6.71. The van der Waals surface area contributed by atoms with Gasteiger partial charge < -0.3 is 20.1 Å². The van der Waals surface area contributed by atoms with Crippen molar-refractivity contribution in [2.75, 3.05) is 19.8 Å². The summed E-state index contributed by atoms with van der Waals surface area (Å²) in [7, 11) is 0. The zero-order valence-electron chi connectivity index (χ0n) is 14.4. The number of amides is 1. The summed E-state index contributed by atoms with van der Waals surface area (Å²) in [5, 5.41) is 0. The van der Waals surface area contributed by atoms with Crippen LogP contribution in [0.2, 0.25) is 0 Å². The summed E-state index contributed by atoms with van der Waals surface area (Å²) in [4.78, 5) is 14.8. The Kier molecular flexibility index (Phi) is 6.28. The molecule has 2 N–H and O–H groups in total. The summed E-state index contributed by atoms with van der Waals surface area (Å²) in [6.45, 7) is 7.68. The van der Waals surface area contributed by atoms with Crippen LogP contribution < -0.4 is 15.2 Å². The molecule has 0 aliphatic carbocycles. The monoisotopic (exact) mass is 320 g/mol. The van der Waals surface area contributed by atoms with Gasteiger partial charge in [0.15, 0.2) is 11.5 Å². The SMILES string of the molecule is CCOc1ccc(C(=O)N2CCCCC2C(C)N)cc1OCC. The summed E-state index contributed by atoms with van der Waals surface area (Å²) in [5.74, 6) is 1.32. The fourth-order valence-corrected chi connectivity index (χ4v) is 3.11. The zero-order chi connectivity index (χ0) is 16.8. The largest absolute Gasteiger partial charge is 0.490 e. The average molecular weight is 320 g/mol. The van der Waals surface area contributed by atoms with E-state index in [1.165, 1.54) is 0 Å². The topological polar surface area (TPSA) is 64.8 Å². The molecule has 23 heavy (non-hydrogen) atoms. The molecule has 0 bridgehead atoms. The van der Waals surface area contributed by atoms with Gasteiger partial charge >= 0.3 is 0 Å². The minimum Gasteiger partial charge on any atom is -0.490 e. The summed E-state index contributed by atoms with van der Waals surface area (Å²) in [6, 6.07) is 5.49. The quantitative estimate of drug-likeness (QED) is 0.875. The maximum atomic E-state index is 12.9. The van der Waals surface area contributed by atoms with Crippen LogP contribution in [0.1, 0.15) is 50.4 Å². The first-order valence-corrected chi connectivity index (χ1v) is 8.54. The van der Waals surface area contributed by atoms with Gasteiger partial charge in [0.2, 0.25) is 0 Å². The van der Waals surface area contributed by atoms with E-state index in [0.29, 0.717) is 30.3 Å². The Balaban J connectivity index is 2.25. The second kappa shape index (κ2) is 8.20. The van der Waals surface area contributed by atoms with Crippen molar-refractivity contribution < 1.29 is 14.3 Å². The number of carbonyl (C=O) groups is 1. The Bertz CT molecular complexity index is 531. The highest BCUT2D eigenvalue weighted by Gasteiger charge is 2.30. The molecule has 0 aromatic heterocycles. The molecule has 128 valence electrons. The molecule has 1 aliphatic rings. The lowest BCUT2D eigenvalue weighted by molar-refractivity contribution is 0.0583. The standard InChI is InChI=1S/C18H28N2O3/c1-4-22-16-10-9-14(12-17(16)23-5-2)18(21)20-11-7-6-8-15(20)13(3)19/h9-10,12-13,15H,4-8,11,19H2,1-3H3. The lowest BCUT2D eigenvalue weighted by Gasteiger charge is -2.38. The van der Waals surface area contributed by atoms with Crippen LogP contribution in [-0.4, -0.2) is 42.6 Å². The Morgan fingerprint density at radius 1 is 1.26 bits per heavy atom. The number of benzene rings is 1. The molecule has 1 aromatic carbocycles. The highest BCUT2D eigenvalue weighted by atomic mass is 16.5. The van der Waals surface area contributed by atoms with Crippen molar-refractivity contribution >= 4 is 5.91 Å². The molecule has 2 unspecified atom stereocenters. The van der Waals surface area contributed by atoms with Gasteiger partial charge in [-0.25, -0.2) is 0 Å². The Labute approximate surface area is 138 Å². The lowest BCUT2D eigenvalue weighted by Crippen LogP contribution is -2.51. The van der Waals surface area contributed by atoms with Crippen LogP contribution in [0.3, 0.4) is 0 Å². The van der Waals surface area contributed by atoms with Crippen LogP contribution in [0.5, 0.6) is 11.5 Å². The first kappa shape index (κ1) is 17.6. The molecule has 0 radical (unpaired) electrons. The number of likely N-dealkylation sites (tertiary alicyclic amines) is 1. The third-order valence-electron chi connectivity index (χ3n) is 4.21. The third kappa shape index (κ3) is 4.16. The summed E-state index contributed by atoms with van der Waals surface area (Å²) < 4.78 is 11.2. The smallest absolute Gasteiger partial charge is 0.254 e. The molecule has 1 aliphatic heterocycles. The minimum atomic E-state index is -0.0201. The van der Waals surface area contributed by atoms with Gasteiger partial charge in [0.25, 0.3) is 5.91 Å². The molecule has 0 spiro atoms. The maximum Gasteiger partial charge on any atom is 0.254 e. The normalized spacial score (nSPS) is 19.3. The molecule has 1 aromatic rings. The Morgan fingerprint density at radius 3 is 2.61 bits per heavy atom. The number of nitrogens with zero attached hydrogens (tertiary/aromatic N) is 1. The van der Waals surface area contributed by atoms with E-state index >= 15 is 0 Å². The van der Waals surface area contributed by atoms with Crippen LogP contribution in [0.15, 0.2) is 18.2 Å². The first-order chi connectivity index (χ1) is 11.1. The molecular formula is C18H28N2O3. The maximum absolute atomic E-state index is 12.9. The van der Waals surface area contributed by atoms with Crippen molar-refractivity contribution in [3.05, 3.63) is 23.8 Å². The molecule has 0 saturated carbocycles. The van der Waals surface area contributed by atoms with Crippen LogP contribution in [0.25, 0.3) is 0 Å². The van der Waals surface area contributed by atoms with E-state index in [1.807, 2.05) is 37.8 Å². The van der Waals surface area contributed by atoms with Crippen LogP contribution in [-0.2, 0) is 0 Å². The van der Waals surface area contributed by atoms with Gasteiger partial charge in [-0.05, 0) is 58.2 Å². The van der Waals surface area contributed by atoms with Crippen LogP contribution >= 0.6 is 0 Å². The first-order valence-electron chi connectivity index (χ1n) is 8.54. The number of ether oxygens (including phenoxy) is 2. The molecule has 2 atom stereocenters. The molecular weight excluding hydrogens is 292 g/mol. The number of hydrogen-bond donors (Lipinski definition) is 1. The van der Waals surface area contributed by atoms with E-state index in [4.69, 9.17) is 15.2 Å².